The van der Waals surface area contributed by atoms with Crippen LogP contribution < -0.4 is 5.32 Å². The van der Waals surface area contributed by atoms with Crippen molar-refractivity contribution in [2.75, 3.05) is 19.6 Å². The van der Waals surface area contributed by atoms with Crippen molar-refractivity contribution in [3.05, 3.63) is 40.9 Å². The summed E-state index contributed by atoms with van der Waals surface area (Å²) in [4.78, 5) is 12.5. The summed E-state index contributed by atoms with van der Waals surface area (Å²) in [7, 11) is -3.49. The first-order chi connectivity index (χ1) is 13.4. The zero-order valence-electron chi connectivity index (χ0n) is 16.2. The summed E-state index contributed by atoms with van der Waals surface area (Å²) < 4.78 is 26.9. The molecule has 1 aliphatic heterocycles. The van der Waals surface area contributed by atoms with Gasteiger partial charge in [0.25, 0.3) is 0 Å². The molecule has 0 spiro atoms. The number of rotatable bonds is 7. The lowest BCUT2D eigenvalue weighted by Crippen LogP contribution is -2.39. The molecule has 1 saturated heterocycles. The first-order valence-electron chi connectivity index (χ1n) is 10.2. The van der Waals surface area contributed by atoms with Gasteiger partial charge in [-0.15, -0.1) is 0 Å². The highest BCUT2D eigenvalue weighted by Crippen LogP contribution is 2.26. The van der Waals surface area contributed by atoms with E-state index < -0.39 is 10.0 Å². The van der Waals surface area contributed by atoms with Crippen LogP contribution in [-0.2, 0) is 14.8 Å². The number of nitrogens with zero attached hydrogens (tertiary/aromatic N) is 1. The summed E-state index contributed by atoms with van der Waals surface area (Å²) in [5.74, 6) is 0.320. The van der Waals surface area contributed by atoms with Crippen LogP contribution in [0.1, 0.15) is 51.4 Å². The van der Waals surface area contributed by atoms with Crippen LogP contribution in [0.5, 0.6) is 0 Å². The predicted molar refractivity (Wildman–Crippen MR) is 112 cm³/mol. The van der Waals surface area contributed by atoms with Crippen LogP contribution >= 0.6 is 11.6 Å². The van der Waals surface area contributed by atoms with Gasteiger partial charge in [-0.05, 0) is 75.1 Å². The maximum atomic E-state index is 12.7. The molecule has 1 heterocycles. The Hall–Kier alpha value is -1.37. The monoisotopic (exact) mass is 424 g/mol. The van der Waals surface area contributed by atoms with Crippen molar-refractivity contribution in [3.63, 3.8) is 0 Å². The normalized spacial score (nSPS) is 19.2. The number of allylic oxidation sites excluding steroid dienone is 1. The summed E-state index contributed by atoms with van der Waals surface area (Å²) >= 11 is 5.85. The highest BCUT2D eigenvalue weighted by molar-refractivity contribution is 7.89. The van der Waals surface area contributed by atoms with Gasteiger partial charge in [-0.2, -0.15) is 4.31 Å². The molecule has 5 nitrogen and oxygen atoms in total. The second-order valence-electron chi connectivity index (χ2n) is 7.71. The number of hydrogen-bond donors (Lipinski definition) is 1. The fourth-order valence-electron chi connectivity index (χ4n) is 3.94. The number of nitrogens with one attached hydrogen (secondary N) is 1. The molecule has 1 aromatic carbocycles. The molecule has 0 atom stereocenters. The number of amides is 1. The lowest BCUT2D eigenvalue weighted by atomic mass is 9.94. The molecule has 0 bridgehead atoms. The molecule has 0 aromatic heterocycles. The van der Waals surface area contributed by atoms with E-state index >= 15 is 0 Å². The number of carbonyl (C=O) groups excluding carboxylic acids is 1. The Morgan fingerprint density at radius 3 is 2.50 bits per heavy atom. The van der Waals surface area contributed by atoms with E-state index in [0.717, 1.165) is 12.8 Å². The fourth-order valence-corrected chi connectivity index (χ4v) is 5.53. The highest BCUT2D eigenvalue weighted by Gasteiger charge is 2.30. The first kappa shape index (κ1) is 21.3. The fraction of sp³-hybridized carbons (Fsp3) is 0.571. The third kappa shape index (κ3) is 5.82. The quantitative estimate of drug-likeness (QED) is 0.669. The van der Waals surface area contributed by atoms with E-state index in [1.165, 1.54) is 29.1 Å². The molecule has 1 fully saturated rings. The van der Waals surface area contributed by atoms with E-state index in [1.807, 2.05) is 0 Å². The Morgan fingerprint density at radius 2 is 1.86 bits per heavy atom. The molecule has 1 aromatic rings. The second-order valence-corrected chi connectivity index (χ2v) is 10.1. The summed E-state index contributed by atoms with van der Waals surface area (Å²) in [6.07, 6.45) is 10.0. The minimum absolute atomic E-state index is 0.0791. The first-order valence-corrected chi connectivity index (χ1v) is 12.0. The number of sulfonamides is 1. The smallest absolute Gasteiger partial charge is 0.243 e. The number of benzene rings is 1. The Balaban J connectivity index is 1.41. The molecule has 0 unspecified atom stereocenters. The minimum Gasteiger partial charge on any atom is -0.356 e. The van der Waals surface area contributed by atoms with Crippen LogP contribution in [0.4, 0.5) is 0 Å². The Morgan fingerprint density at radius 1 is 1.14 bits per heavy atom. The molecule has 1 aliphatic carbocycles. The van der Waals surface area contributed by atoms with E-state index in [0.29, 0.717) is 43.9 Å². The van der Waals surface area contributed by atoms with Gasteiger partial charge in [-0.3, -0.25) is 4.79 Å². The third-order valence-corrected chi connectivity index (χ3v) is 7.82. The molecule has 0 saturated carbocycles. The van der Waals surface area contributed by atoms with Crippen molar-refractivity contribution in [3.8, 4) is 0 Å². The van der Waals surface area contributed by atoms with E-state index in [-0.39, 0.29) is 16.7 Å². The lowest BCUT2D eigenvalue weighted by Gasteiger charge is -2.31. The molecule has 1 N–H and O–H groups in total. The van der Waals surface area contributed by atoms with Crippen LogP contribution in [0, 0.1) is 5.92 Å². The molecule has 3 rings (SSSR count). The molecule has 0 radical (unpaired) electrons. The van der Waals surface area contributed by atoms with Crippen molar-refractivity contribution in [2.24, 2.45) is 5.92 Å². The summed E-state index contributed by atoms with van der Waals surface area (Å²) in [6.45, 7) is 1.61. The minimum atomic E-state index is -3.49. The summed E-state index contributed by atoms with van der Waals surface area (Å²) in [6, 6.07) is 6.27. The largest absolute Gasteiger partial charge is 0.356 e. The van der Waals surface area contributed by atoms with E-state index in [4.69, 9.17) is 11.6 Å². The van der Waals surface area contributed by atoms with Gasteiger partial charge in [0, 0.05) is 31.1 Å². The van der Waals surface area contributed by atoms with Gasteiger partial charge in [0.1, 0.15) is 0 Å². The zero-order valence-corrected chi connectivity index (χ0v) is 17.8. The summed E-state index contributed by atoms with van der Waals surface area (Å²) in [5.41, 5.74) is 1.47. The standard InChI is InChI=1S/C21H29ClN2O3S/c22-19-6-8-20(9-7-19)28(26,27)24-14-11-18(12-15-24)16-21(25)23-13-10-17-4-2-1-3-5-17/h4,6-9,18H,1-3,5,10-16H2,(H,23,25). The maximum absolute atomic E-state index is 12.7. The second kappa shape index (κ2) is 9.90. The molecule has 2 aliphatic rings. The summed E-state index contributed by atoms with van der Waals surface area (Å²) in [5, 5.41) is 3.54. The van der Waals surface area contributed by atoms with Gasteiger partial charge >= 0.3 is 0 Å². The van der Waals surface area contributed by atoms with Crippen molar-refractivity contribution in [2.45, 2.75) is 56.3 Å². The number of piperidine rings is 1. The average molecular weight is 425 g/mol. The van der Waals surface area contributed by atoms with Crippen molar-refractivity contribution >= 4 is 27.5 Å². The van der Waals surface area contributed by atoms with Gasteiger partial charge in [-0.1, -0.05) is 23.3 Å². The number of halogens is 1. The highest BCUT2D eigenvalue weighted by atomic mass is 35.5. The van der Waals surface area contributed by atoms with Gasteiger partial charge < -0.3 is 5.32 Å². The molecule has 7 heteroatoms. The predicted octanol–water partition coefficient (Wildman–Crippen LogP) is 4.14. The van der Waals surface area contributed by atoms with E-state index in [2.05, 4.69) is 11.4 Å². The van der Waals surface area contributed by atoms with Gasteiger partial charge in [-0.25, -0.2) is 8.42 Å². The van der Waals surface area contributed by atoms with E-state index in [1.54, 1.807) is 24.3 Å². The zero-order chi connectivity index (χ0) is 20.0. The topological polar surface area (TPSA) is 66.5 Å². The van der Waals surface area contributed by atoms with Crippen molar-refractivity contribution in [1.29, 1.82) is 0 Å². The van der Waals surface area contributed by atoms with Crippen LogP contribution in [0.2, 0.25) is 5.02 Å². The Bertz CT molecular complexity index is 797. The maximum Gasteiger partial charge on any atom is 0.243 e. The van der Waals surface area contributed by atoms with Crippen LogP contribution in [0.25, 0.3) is 0 Å². The van der Waals surface area contributed by atoms with Crippen LogP contribution in [0.15, 0.2) is 40.8 Å². The average Bonchev–Trinajstić information content (AvgIpc) is 2.69. The molecule has 1 amide bonds. The number of hydrogen-bond acceptors (Lipinski definition) is 3. The lowest BCUT2D eigenvalue weighted by molar-refractivity contribution is -0.122. The molecular weight excluding hydrogens is 396 g/mol. The molecular formula is C21H29ClN2O3S. The Kier molecular flexibility index (Phi) is 7.55. The number of carbonyl (C=O) groups is 1. The van der Waals surface area contributed by atoms with Gasteiger partial charge in [0.2, 0.25) is 15.9 Å². The molecule has 154 valence electrons. The van der Waals surface area contributed by atoms with Crippen LogP contribution in [0.3, 0.4) is 0 Å². The van der Waals surface area contributed by atoms with Crippen molar-refractivity contribution < 1.29 is 13.2 Å². The van der Waals surface area contributed by atoms with Gasteiger partial charge in [0.05, 0.1) is 4.90 Å². The SMILES string of the molecule is O=C(CC1CCN(S(=O)(=O)c2ccc(Cl)cc2)CC1)NCCC1=CCCCC1. The van der Waals surface area contributed by atoms with E-state index in [9.17, 15) is 13.2 Å². The Labute approximate surface area is 173 Å². The molecule has 28 heavy (non-hydrogen) atoms. The van der Waals surface area contributed by atoms with Crippen LogP contribution in [-0.4, -0.2) is 38.3 Å². The van der Waals surface area contributed by atoms with Gasteiger partial charge in [0.15, 0.2) is 0 Å². The third-order valence-electron chi connectivity index (χ3n) is 5.65. The van der Waals surface area contributed by atoms with Crippen molar-refractivity contribution in [1.82, 2.24) is 9.62 Å².